The first-order valence-electron chi connectivity index (χ1n) is 27.4. The van der Waals surface area contributed by atoms with Gasteiger partial charge in [-0.15, -0.1) is 0 Å². The standard InChI is InChI=1S/C53H84O24/c1-21-30(58)34(62)40(75-43-38(66)35(63)39(22(2)72-43)74-42-36(64)31(59)26(57)19-70-42)45(71-21)77-47(69)52-13-12-48(3,4)16-24(52)23-8-9-28-49(5)17-25(56)41(76-44-37(65)33(61)32(60)27(18-54)73-44)51(7,46(67)68)29(49)10-11-50(28,6)53(23,20-55)15-14-52/h8,21-22,24-45,54-66H,9-20H2,1-7H3,(H,67,68)/t21-,22+,24-,25-,26+,27+,28+,29+,30+,31-,32+,33-,34+,35+,36+,37+,38-,39+,40-,41-,42-,43+,44-,45+,49+,50+,51-,52-,53-/m0/s1. The fourth-order valence-corrected chi connectivity index (χ4v) is 16.4. The Labute approximate surface area is 446 Å². The van der Waals surface area contributed by atoms with Crippen LogP contribution in [0, 0.1) is 50.2 Å². The van der Waals surface area contributed by atoms with Crippen LogP contribution in [-0.4, -0.2) is 232 Å². The summed E-state index contributed by atoms with van der Waals surface area (Å²) in [4.78, 5) is 29.1. The van der Waals surface area contributed by atoms with Gasteiger partial charge in [0, 0.05) is 5.41 Å². The lowest BCUT2D eigenvalue weighted by Gasteiger charge is -2.71. The number of esters is 1. The molecule has 0 amide bonds. The van der Waals surface area contributed by atoms with Crippen LogP contribution >= 0.6 is 0 Å². The van der Waals surface area contributed by atoms with Crippen molar-refractivity contribution in [2.75, 3.05) is 19.8 Å². The molecule has 0 aromatic rings. The Morgan fingerprint density at radius 2 is 1.23 bits per heavy atom. The van der Waals surface area contributed by atoms with Gasteiger partial charge < -0.3 is 109 Å². The van der Waals surface area contributed by atoms with E-state index in [4.69, 9.17) is 37.9 Å². The molecule has 24 nitrogen and oxygen atoms in total. The third kappa shape index (κ3) is 9.37. The molecule has 14 N–H and O–H groups in total. The van der Waals surface area contributed by atoms with Crippen LogP contribution in [-0.2, 0) is 47.5 Å². The number of hydrogen-bond acceptors (Lipinski definition) is 23. The summed E-state index contributed by atoms with van der Waals surface area (Å²) >= 11 is 0. The fraction of sp³-hybridized carbons (Fsp3) is 0.925. The number of aliphatic hydroxyl groups is 13. The molecule has 24 heteroatoms. The molecular formula is C53H84O24. The van der Waals surface area contributed by atoms with Crippen molar-refractivity contribution < 1.29 is 119 Å². The summed E-state index contributed by atoms with van der Waals surface area (Å²) in [5, 5.41) is 153. The number of carbonyl (C=O) groups is 2. The molecule has 440 valence electrons. The molecule has 4 saturated heterocycles. The van der Waals surface area contributed by atoms with Crippen LogP contribution in [0.4, 0.5) is 0 Å². The molecule has 5 aliphatic carbocycles. The summed E-state index contributed by atoms with van der Waals surface area (Å²) in [6, 6.07) is 0. The molecule has 0 spiro atoms. The van der Waals surface area contributed by atoms with Gasteiger partial charge in [-0.05, 0) is 113 Å². The van der Waals surface area contributed by atoms with Crippen molar-refractivity contribution in [3.05, 3.63) is 11.6 Å². The Kier molecular flexibility index (Phi) is 16.4. The van der Waals surface area contributed by atoms with Crippen molar-refractivity contribution in [1.82, 2.24) is 0 Å². The largest absolute Gasteiger partial charge is 0.481 e. The van der Waals surface area contributed by atoms with Crippen LogP contribution in [0.1, 0.15) is 106 Å². The van der Waals surface area contributed by atoms with Crippen molar-refractivity contribution in [3.8, 4) is 0 Å². The molecule has 4 aliphatic heterocycles. The SMILES string of the molecule is C[C@@H]1O[C@H](OC(=O)[C@]23CCC(C)(C)C[C@H]2C2=CC[C@@H]4[C@@]5(C)C[C@H](O)[C@H](O[C@@H]6O[C@H](CO)[C@@H](O)[C@H](O)[C@H]6O)[C@@](C)(C(=O)O)[C@@H]5CC[C@@]4(C)[C@]2(CO)CC3)[C@@H](O[C@H]2O[C@H](C)[C@@H](O[C@@H]3OC[C@@H](O)[C@H](O)[C@H]3O)[C@H](O)[C@@H]2O)[C@H](O)[C@@H]1O. The predicted octanol–water partition coefficient (Wildman–Crippen LogP) is -2.33. The third-order valence-corrected chi connectivity index (χ3v) is 21.0. The first-order chi connectivity index (χ1) is 36.0. The minimum Gasteiger partial charge on any atom is -0.481 e. The molecule has 0 radical (unpaired) electrons. The number of hydrogen-bond donors (Lipinski definition) is 14. The van der Waals surface area contributed by atoms with Crippen molar-refractivity contribution in [3.63, 3.8) is 0 Å². The summed E-state index contributed by atoms with van der Waals surface area (Å²) in [5.41, 5.74) is -4.96. The quantitative estimate of drug-likeness (QED) is 0.0586. The lowest BCUT2D eigenvalue weighted by Crippen LogP contribution is -2.71. The van der Waals surface area contributed by atoms with Crippen molar-refractivity contribution in [2.45, 2.75) is 235 Å². The fourth-order valence-electron chi connectivity index (χ4n) is 16.4. The number of allylic oxidation sites excluding steroid dienone is 1. The molecular weight excluding hydrogens is 1020 g/mol. The molecule has 8 fully saturated rings. The molecule has 9 rings (SSSR count). The number of ether oxygens (including phenoxy) is 8. The summed E-state index contributed by atoms with van der Waals surface area (Å²) in [7, 11) is 0. The Hall–Kier alpha value is -2.12. The van der Waals surface area contributed by atoms with E-state index in [2.05, 4.69) is 26.8 Å². The van der Waals surface area contributed by atoms with Gasteiger partial charge in [-0.2, -0.15) is 0 Å². The van der Waals surface area contributed by atoms with Crippen LogP contribution < -0.4 is 0 Å². The Balaban J connectivity index is 0.978. The van der Waals surface area contributed by atoms with Crippen molar-refractivity contribution in [1.29, 1.82) is 0 Å². The predicted molar refractivity (Wildman–Crippen MR) is 259 cm³/mol. The Bertz CT molecular complexity index is 2180. The van der Waals surface area contributed by atoms with Gasteiger partial charge in [-0.3, -0.25) is 9.59 Å². The van der Waals surface area contributed by atoms with Gasteiger partial charge >= 0.3 is 11.9 Å². The summed E-state index contributed by atoms with van der Waals surface area (Å²) in [6.45, 7) is 11.3. The molecule has 0 bridgehead atoms. The number of carboxylic acids is 1. The van der Waals surface area contributed by atoms with Gasteiger partial charge in [-0.1, -0.05) is 39.3 Å². The molecule has 0 aromatic heterocycles. The molecule has 29 atom stereocenters. The third-order valence-electron chi connectivity index (χ3n) is 21.0. The summed E-state index contributed by atoms with van der Waals surface area (Å²) < 4.78 is 47.3. The van der Waals surface area contributed by atoms with Gasteiger partial charge in [0.25, 0.3) is 0 Å². The zero-order chi connectivity index (χ0) is 56.4. The molecule has 0 unspecified atom stereocenters. The van der Waals surface area contributed by atoms with Crippen LogP contribution in [0.2, 0.25) is 0 Å². The topological polar surface area (TPSA) is 391 Å². The van der Waals surface area contributed by atoms with Gasteiger partial charge in [-0.25, -0.2) is 0 Å². The van der Waals surface area contributed by atoms with E-state index in [-0.39, 0.29) is 30.8 Å². The first-order valence-corrected chi connectivity index (χ1v) is 27.4. The highest BCUT2D eigenvalue weighted by molar-refractivity contribution is 5.79. The molecule has 77 heavy (non-hydrogen) atoms. The van der Waals surface area contributed by atoms with Gasteiger partial charge in [0.2, 0.25) is 6.29 Å². The van der Waals surface area contributed by atoms with E-state index in [9.17, 15) is 76.3 Å². The second-order valence-corrected chi connectivity index (χ2v) is 25.6. The van der Waals surface area contributed by atoms with E-state index in [1.165, 1.54) is 20.8 Å². The number of aliphatic carboxylic acids is 1. The highest BCUT2D eigenvalue weighted by Crippen LogP contribution is 2.76. The summed E-state index contributed by atoms with van der Waals surface area (Å²) in [5.74, 6) is -3.40. The zero-order valence-electron chi connectivity index (χ0n) is 44.8. The van der Waals surface area contributed by atoms with Crippen LogP contribution in [0.25, 0.3) is 0 Å². The van der Waals surface area contributed by atoms with E-state index in [0.717, 1.165) is 5.57 Å². The highest BCUT2D eigenvalue weighted by atomic mass is 16.8. The van der Waals surface area contributed by atoms with E-state index in [1.807, 2.05) is 6.92 Å². The summed E-state index contributed by atoms with van der Waals surface area (Å²) in [6.07, 6.45) is -27.9. The molecule has 4 heterocycles. The number of fused-ring (bicyclic) bond motifs is 7. The number of rotatable bonds is 11. The van der Waals surface area contributed by atoms with Crippen molar-refractivity contribution >= 4 is 11.9 Å². The number of aliphatic hydroxyl groups excluding tert-OH is 13. The second kappa shape index (κ2) is 21.3. The van der Waals surface area contributed by atoms with E-state index in [1.54, 1.807) is 0 Å². The van der Waals surface area contributed by atoms with Gasteiger partial charge in [0.05, 0.1) is 49.0 Å². The smallest absolute Gasteiger partial charge is 0.315 e. The lowest BCUT2D eigenvalue weighted by molar-refractivity contribution is -0.373. The van der Waals surface area contributed by atoms with Gasteiger partial charge in [0.1, 0.15) is 79.4 Å². The Morgan fingerprint density at radius 3 is 1.90 bits per heavy atom. The first kappa shape index (κ1) is 59.5. The molecule has 4 saturated carbocycles. The molecule has 9 aliphatic rings. The normalized spacial score (nSPS) is 54.6. The van der Waals surface area contributed by atoms with E-state index < -0.39 is 193 Å². The average Bonchev–Trinajstić information content (AvgIpc) is 3.57. The highest BCUT2D eigenvalue weighted by Gasteiger charge is 2.74. The zero-order valence-corrected chi connectivity index (χ0v) is 44.8. The van der Waals surface area contributed by atoms with Crippen LogP contribution in [0.5, 0.6) is 0 Å². The maximum atomic E-state index is 15.4. The maximum absolute atomic E-state index is 15.4. The van der Waals surface area contributed by atoms with Gasteiger partial charge in [0.15, 0.2) is 25.0 Å². The number of carboxylic acid groups (broad SMARTS) is 1. The van der Waals surface area contributed by atoms with Crippen LogP contribution in [0.3, 0.4) is 0 Å². The van der Waals surface area contributed by atoms with Crippen molar-refractivity contribution in [2.24, 2.45) is 50.2 Å². The monoisotopic (exact) mass is 1100 g/mol. The Morgan fingerprint density at radius 1 is 0.623 bits per heavy atom. The number of carbonyl (C=O) groups excluding carboxylic acids is 1. The van der Waals surface area contributed by atoms with E-state index in [0.29, 0.717) is 44.9 Å². The maximum Gasteiger partial charge on any atom is 0.315 e. The van der Waals surface area contributed by atoms with Crippen LogP contribution in [0.15, 0.2) is 11.6 Å². The molecule has 0 aromatic carbocycles. The van der Waals surface area contributed by atoms with E-state index >= 15 is 4.79 Å². The average molecular weight is 1110 g/mol. The lowest BCUT2D eigenvalue weighted by atomic mass is 9.33. The second-order valence-electron chi connectivity index (χ2n) is 25.6. The minimum absolute atomic E-state index is 0.0510. The minimum atomic E-state index is -1.90.